The molecule has 0 bridgehead atoms. The summed E-state index contributed by atoms with van der Waals surface area (Å²) in [4.78, 5) is 22.3. The van der Waals surface area contributed by atoms with Crippen LogP contribution in [0.5, 0.6) is 0 Å². The maximum atomic E-state index is 5.66. The van der Waals surface area contributed by atoms with Gasteiger partial charge in [-0.25, -0.2) is 15.0 Å². The number of morpholine rings is 1. The maximum Gasteiger partial charge on any atom is 0.167 e. The first kappa shape index (κ1) is 24.5. The fraction of sp³-hybridized carbons (Fsp3) is 0.433. The molecular formula is C30H33N9O2. The van der Waals surface area contributed by atoms with Crippen molar-refractivity contribution in [1.29, 1.82) is 0 Å². The van der Waals surface area contributed by atoms with Crippen LogP contribution in [-0.2, 0) is 4.74 Å². The van der Waals surface area contributed by atoms with Crippen molar-refractivity contribution in [2.75, 3.05) is 60.6 Å². The number of hydrogen-bond acceptors (Lipinski definition) is 10. The van der Waals surface area contributed by atoms with E-state index in [2.05, 4.69) is 57.1 Å². The van der Waals surface area contributed by atoms with Crippen molar-refractivity contribution in [3.63, 3.8) is 0 Å². The van der Waals surface area contributed by atoms with Gasteiger partial charge >= 0.3 is 0 Å². The molecule has 3 aliphatic rings. The molecule has 0 aliphatic carbocycles. The second kappa shape index (κ2) is 9.99. The van der Waals surface area contributed by atoms with Crippen LogP contribution in [0.3, 0.4) is 0 Å². The summed E-state index contributed by atoms with van der Waals surface area (Å²) in [5.41, 5.74) is 4.77. The standard InChI is InChI=1S/C30H33N9O2/c1-20-6-4-7-22-28(20)30(34-29(32-22)21-18-31-41-19-21)38-11-3-2-8-24(38)23-16-26-33-25(36-9-5-10-36)17-27(39(26)35-23)37-12-14-40-15-13-37/h4,6-7,16-19,24H,2-3,5,8-15H2,1H3. The number of hydrogen-bond donors (Lipinski definition) is 0. The van der Waals surface area contributed by atoms with Gasteiger partial charge in [0, 0.05) is 50.2 Å². The number of piperidine rings is 1. The molecule has 210 valence electrons. The summed E-state index contributed by atoms with van der Waals surface area (Å²) in [5, 5.41) is 10.2. The van der Waals surface area contributed by atoms with E-state index in [1.54, 1.807) is 12.5 Å². The molecule has 41 heavy (non-hydrogen) atoms. The summed E-state index contributed by atoms with van der Waals surface area (Å²) >= 11 is 0. The Morgan fingerprint density at radius 3 is 2.61 bits per heavy atom. The van der Waals surface area contributed by atoms with Gasteiger partial charge in [-0.05, 0) is 44.2 Å². The van der Waals surface area contributed by atoms with Crippen molar-refractivity contribution >= 4 is 34.0 Å². The molecule has 0 N–H and O–H groups in total. The third-order valence-electron chi connectivity index (χ3n) is 8.65. The predicted molar refractivity (Wildman–Crippen MR) is 157 cm³/mol. The zero-order valence-corrected chi connectivity index (χ0v) is 23.2. The second-order valence-corrected chi connectivity index (χ2v) is 11.2. The second-order valence-electron chi connectivity index (χ2n) is 11.2. The highest BCUT2D eigenvalue weighted by Gasteiger charge is 2.31. The Bertz CT molecular complexity index is 1710. The Balaban J connectivity index is 1.26. The lowest BCUT2D eigenvalue weighted by molar-refractivity contribution is 0.122. The zero-order valence-electron chi connectivity index (χ0n) is 23.2. The molecule has 11 heteroatoms. The Kier molecular flexibility index (Phi) is 5.98. The topological polar surface area (TPSA) is 101 Å². The molecule has 8 rings (SSSR count). The summed E-state index contributed by atoms with van der Waals surface area (Å²) in [6.45, 7) is 8.28. The highest BCUT2D eigenvalue weighted by molar-refractivity contribution is 5.94. The van der Waals surface area contributed by atoms with Crippen LogP contribution in [0.15, 0.2) is 47.3 Å². The summed E-state index contributed by atoms with van der Waals surface area (Å²) in [5.74, 6) is 3.68. The van der Waals surface area contributed by atoms with E-state index in [9.17, 15) is 0 Å². The van der Waals surface area contributed by atoms with Gasteiger partial charge in [0.1, 0.15) is 23.7 Å². The van der Waals surface area contributed by atoms with Crippen molar-refractivity contribution in [3.8, 4) is 11.4 Å². The zero-order chi connectivity index (χ0) is 27.3. The first-order valence-corrected chi connectivity index (χ1v) is 14.6. The van der Waals surface area contributed by atoms with Crippen LogP contribution in [0, 0.1) is 6.92 Å². The summed E-state index contributed by atoms with van der Waals surface area (Å²) < 4.78 is 12.8. The molecule has 1 unspecified atom stereocenters. The van der Waals surface area contributed by atoms with E-state index in [1.807, 2.05) is 4.52 Å². The van der Waals surface area contributed by atoms with Gasteiger partial charge < -0.3 is 24.0 Å². The minimum absolute atomic E-state index is 0.0727. The molecule has 1 aromatic carbocycles. The van der Waals surface area contributed by atoms with Gasteiger partial charge in [-0.15, -0.1) is 0 Å². The minimum atomic E-state index is 0.0727. The van der Waals surface area contributed by atoms with E-state index in [0.717, 1.165) is 116 Å². The van der Waals surface area contributed by atoms with Gasteiger partial charge in [-0.2, -0.15) is 9.61 Å². The summed E-state index contributed by atoms with van der Waals surface area (Å²) in [7, 11) is 0. The Morgan fingerprint density at radius 1 is 0.902 bits per heavy atom. The quantitative estimate of drug-likeness (QED) is 0.312. The van der Waals surface area contributed by atoms with E-state index < -0.39 is 0 Å². The highest BCUT2D eigenvalue weighted by atomic mass is 16.5. The lowest BCUT2D eigenvalue weighted by atomic mass is 9.98. The number of aryl methyl sites for hydroxylation is 1. The third kappa shape index (κ3) is 4.26. The largest absolute Gasteiger partial charge is 0.378 e. The number of fused-ring (bicyclic) bond motifs is 2. The number of nitrogens with zero attached hydrogens (tertiary/aromatic N) is 9. The molecule has 0 saturated carbocycles. The van der Waals surface area contributed by atoms with E-state index >= 15 is 0 Å². The lowest BCUT2D eigenvalue weighted by Gasteiger charge is -2.36. The summed E-state index contributed by atoms with van der Waals surface area (Å²) in [6, 6.07) is 10.7. The van der Waals surface area contributed by atoms with Gasteiger partial charge in [0.2, 0.25) is 0 Å². The monoisotopic (exact) mass is 551 g/mol. The maximum absolute atomic E-state index is 5.66. The third-order valence-corrected chi connectivity index (χ3v) is 8.65. The van der Waals surface area contributed by atoms with Gasteiger partial charge in [-0.1, -0.05) is 17.3 Å². The van der Waals surface area contributed by atoms with Crippen LogP contribution in [0.2, 0.25) is 0 Å². The smallest absolute Gasteiger partial charge is 0.167 e. The number of ether oxygens (including phenoxy) is 1. The molecule has 0 amide bonds. The van der Waals surface area contributed by atoms with Crippen LogP contribution in [0.25, 0.3) is 27.9 Å². The van der Waals surface area contributed by atoms with Gasteiger partial charge in [0.25, 0.3) is 0 Å². The Morgan fingerprint density at radius 2 is 1.80 bits per heavy atom. The molecule has 0 spiro atoms. The normalized spacial score (nSPS) is 19.7. The average Bonchev–Trinajstić information content (AvgIpc) is 3.67. The van der Waals surface area contributed by atoms with Crippen LogP contribution in [0.1, 0.15) is 43.0 Å². The number of aromatic nitrogens is 6. The number of rotatable bonds is 5. The van der Waals surface area contributed by atoms with E-state index in [4.69, 9.17) is 29.3 Å². The van der Waals surface area contributed by atoms with Gasteiger partial charge in [-0.3, -0.25) is 0 Å². The number of benzene rings is 1. The molecule has 3 aliphatic heterocycles. The molecule has 0 radical (unpaired) electrons. The highest BCUT2D eigenvalue weighted by Crippen LogP contribution is 2.39. The summed E-state index contributed by atoms with van der Waals surface area (Å²) in [6.07, 6.45) is 7.72. The average molecular weight is 552 g/mol. The molecule has 3 fully saturated rings. The molecule has 5 aromatic rings. The van der Waals surface area contributed by atoms with E-state index in [1.165, 1.54) is 6.42 Å². The number of anilines is 3. The van der Waals surface area contributed by atoms with E-state index in [0.29, 0.717) is 5.82 Å². The van der Waals surface area contributed by atoms with Crippen molar-refractivity contribution in [2.24, 2.45) is 0 Å². The Hall–Kier alpha value is -4.25. The van der Waals surface area contributed by atoms with E-state index in [-0.39, 0.29) is 6.04 Å². The van der Waals surface area contributed by atoms with Crippen LogP contribution in [0.4, 0.5) is 17.5 Å². The SMILES string of the molecule is Cc1cccc2nc(-c3cnoc3)nc(N3CCCCC3c3cc4nc(N5CCC5)cc(N5CCOCC5)n4n3)c12. The molecule has 7 heterocycles. The fourth-order valence-corrected chi connectivity index (χ4v) is 6.33. The molecule has 1 atom stereocenters. The molecule has 3 saturated heterocycles. The van der Waals surface area contributed by atoms with Crippen molar-refractivity contribution in [2.45, 2.75) is 38.6 Å². The van der Waals surface area contributed by atoms with Crippen molar-refractivity contribution in [3.05, 3.63) is 54.0 Å². The molecule has 11 nitrogen and oxygen atoms in total. The Labute approximate surface area is 237 Å². The van der Waals surface area contributed by atoms with Gasteiger partial charge in [0.15, 0.2) is 11.5 Å². The van der Waals surface area contributed by atoms with Gasteiger partial charge in [0.05, 0.1) is 42.2 Å². The van der Waals surface area contributed by atoms with Crippen LogP contribution < -0.4 is 14.7 Å². The lowest BCUT2D eigenvalue weighted by Crippen LogP contribution is -2.40. The van der Waals surface area contributed by atoms with Crippen molar-refractivity contribution in [1.82, 2.24) is 29.7 Å². The fourth-order valence-electron chi connectivity index (χ4n) is 6.33. The predicted octanol–water partition coefficient (Wildman–Crippen LogP) is 4.41. The first-order chi connectivity index (χ1) is 20.2. The molecular weight excluding hydrogens is 518 g/mol. The van der Waals surface area contributed by atoms with Crippen LogP contribution >= 0.6 is 0 Å². The minimum Gasteiger partial charge on any atom is -0.378 e. The van der Waals surface area contributed by atoms with Crippen molar-refractivity contribution < 1.29 is 9.26 Å². The van der Waals surface area contributed by atoms with Crippen LogP contribution in [-0.4, -0.2) is 75.7 Å². The molecule has 4 aromatic heterocycles. The first-order valence-electron chi connectivity index (χ1n) is 14.6.